The maximum Gasteiger partial charge on any atom is 0.336 e. The van der Waals surface area contributed by atoms with Crippen LogP contribution < -0.4 is 20.3 Å². The first-order chi connectivity index (χ1) is 31.1. The Morgan fingerprint density at radius 2 is 1.16 bits per heavy atom. The van der Waals surface area contributed by atoms with Crippen molar-refractivity contribution in [3.8, 4) is 5.75 Å². The van der Waals surface area contributed by atoms with Crippen molar-refractivity contribution >= 4 is 67.2 Å². The number of anilines is 3. The molecule has 0 amide bonds. The number of ether oxygens (including phenoxy) is 1. The molecule has 0 atom stereocenters. The van der Waals surface area contributed by atoms with Gasteiger partial charge in [0.05, 0.1) is 29.3 Å². The number of carboxylic acids is 1. The van der Waals surface area contributed by atoms with E-state index in [2.05, 4.69) is 49.5 Å². The van der Waals surface area contributed by atoms with Gasteiger partial charge in [0.2, 0.25) is 0 Å². The molecule has 0 spiro atoms. The Kier molecular flexibility index (Phi) is 11.9. The predicted octanol–water partition coefficient (Wildman–Crippen LogP) is 6.80. The molecule has 5 N–H and O–H groups in total. The van der Waals surface area contributed by atoms with E-state index in [1.54, 1.807) is 37.7 Å². The number of carboxylic acid groups (broad SMARTS) is 1. The summed E-state index contributed by atoms with van der Waals surface area (Å²) in [7, 11) is 1.60. The van der Waals surface area contributed by atoms with Crippen LogP contribution in [0.1, 0.15) is 21.5 Å². The number of nitrogens with one attached hydrogen (secondary N) is 2. The molecule has 2 fully saturated rings. The third kappa shape index (κ3) is 8.40. The summed E-state index contributed by atoms with van der Waals surface area (Å²) in [5.74, 6) is -2.02. The Hall–Kier alpha value is -7.05. The number of nitrogens with two attached hydrogens (primary N) is 1. The zero-order valence-corrected chi connectivity index (χ0v) is 34.9. The van der Waals surface area contributed by atoms with Gasteiger partial charge >= 0.3 is 5.97 Å². The standard InChI is InChI=1S/C23H24F2N6O.C23H21F2N5O2/c1-32-18-5-4-17-19(20(18)26)21-22(29-17)23(28-13-27-21)31-10-8-30(9-11-31)7-6-14-2-3-15(24)16(25)12-14;24-16-5-4-14(12-17(16)25)6-7-29-8-10-30(11-9-29)22-21-20(26-13-27-22)19-15(23(31)32)2-1-3-18(19)28-21/h2-5,12-13,29H,6-11,26H2,1H3;1-5,12-13,28H,6-11H2,(H,31,32). The second-order valence-corrected chi connectivity index (χ2v) is 15.9. The van der Waals surface area contributed by atoms with Crippen LogP contribution in [0.4, 0.5) is 34.9 Å². The van der Waals surface area contributed by atoms with E-state index in [1.807, 2.05) is 18.2 Å². The Balaban J connectivity index is 0.000000162. The predicted molar refractivity (Wildman–Crippen MR) is 238 cm³/mol. The summed E-state index contributed by atoms with van der Waals surface area (Å²) in [5.41, 5.74) is 13.2. The van der Waals surface area contributed by atoms with Crippen molar-refractivity contribution in [3.05, 3.63) is 119 Å². The molecule has 2 aliphatic rings. The summed E-state index contributed by atoms with van der Waals surface area (Å²) in [5, 5.41) is 11.0. The number of nitrogen functional groups attached to an aromatic ring is 1. The molecule has 0 aliphatic carbocycles. The third-order valence-corrected chi connectivity index (χ3v) is 12.1. The molecular weight excluding hydrogens is 831 g/mol. The van der Waals surface area contributed by atoms with Crippen molar-refractivity contribution in [2.45, 2.75) is 12.8 Å². The number of methoxy groups -OCH3 is 1. The first-order valence-corrected chi connectivity index (χ1v) is 21.0. The lowest BCUT2D eigenvalue weighted by Gasteiger charge is -2.35. The fourth-order valence-corrected chi connectivity index (χ4v) is 8.67. The van der Waals surface area contributed by atoms with Crippen LogP contribution in [-0.4, -0.2) is 123 Å². The van der Waals surface area contributed by atoms with Gasteiger partial charge in [-0.25, -0.2) is 42.3 Å². The number of aromatic nitrogens is 6. The highest BCUT2D eigenvalue weighted by Gasteiger charge is 2.25. The van der Waals surface area contributed by atoms with Crippen molar-refractivity contribution in [1.82, 2.24) is 39.7 Å². The number of piperazine rings is 2. The highest BCUT2D eigenvalue weighted by atomic mass is 19.2. The Labute approximate surface area is 364 Å². The first-order valence-electron chi connectivity index (χ1n) is 21.0. The molecule has 0 saturated carbocycles. The van der Waals surface area contributed by atoms with Crippen LogP contribution >= 0.6 is 0 Å². The number of aromatic carboxylic acids is 1. The number of hydrogen-bond acceptors (Lipinski definition) is 11. The maximum absolute atomic E-state index is 13.4. The van der Waals surface area contributed by atoms with E-state index in [-0.39, 0.29) is 5.56 Å². The molecule has 8 aromatic rings. The lowest BCUT2D eigenvalue weighted by atomic mass is 10.1. The highest BCUT2D eigenvalue weighted by molar-refractivity contribution is 6.16. The van der Waals surface area contributed by atoms with E-state index in [4.69, 9.17) is 10.5 Å². The van der Waals surface area contributed by atoms with Crippen molar-refractivity contribution < 1.29 is 32.2 Å². The van der Waals surface area contributed by atoms with Gasteiger partial charge in [-0.15, -0.1) is 0 Å². The lowest BCUT2D eigenvalue weighted by molar-refractivity contribution is 0.0699. The average molecular weight is 876 g/mol. The van der Waals surface area contributed by atoms with E-state index < -0.39 is 29.2 Å². The number of aromatic amines is 2. The van der Waals surface area contributed by atoms with Crippen LogP contribution in [0.3, 0.4) is 0 Å². The molecule has 0 radical (unpaired) electrons. The zero-order valence-electron chi connectivity index (χ0n) is 34.9. The fourth-order valence-electron chi connectivity index (χ4n) is 8.67. The summed E-state index contributed by atoms with van der Waals surface area (Å²) in [6, 6.07) is 17.0. The van der Waals surface area contributed by atoms with Crippen LogP contribution in [0, 0.1) is 23.3 Å². The molecule has 18 heteroatoms. The van der Waals surface area contributed by atoms with Crippen molar-refractivity contribution in [3.63, 3.8) is 0 Å². The van der Waals surface area contributed by atoms with Gasteiger partial charge in [-0.1, -0.05) is 18.2 Å². The normalized spacial score (nSPS) is 15.0. The molecule has 0 bridgehead atoms. The third-order valence-electron chi connectivity index (χ3n) is 12.1. The number of benzene rings is 4. The van der Waals surface area contributed by atoms with Gasteiger partial charge in [-0.05, 0) is 72.5 Å². The molecule has 14 nitrogen and oxygen atoms in total. The number of hydrogen-bond donors (Lipinski definition) is 4. The summed E-state index contributed by atoms with van der Waals surface area (Å²) in [4.78, 5) is 45.3. The zero-order chi connectivity index (χ0) is 44.5. The molecule has 10 rings (SSSR count). The molecule has 64 heavy (non-hydrogen) atoms. The van der Waals surface area contributed by atoms with Gasteiger partial charge < -0.3 is 35.3 Å². The van der Waals surface area contributed by atoms with E-state index >= 15 is 0 Å². The van der Waals surface area contributed by atoms with Gasteiger partial charge in [0.15, 0.2) is 34.9 Å². The second-order valence-electron chi connectivity index (χ2n) is 15.9. The van der Waals surface area contributed by atoms with Gasteiger partial charge in [0.1, 0.15) is 40.5 Å². The van der Waals surface area contributed by atoms with Crippen LogP contribution in [0.2, 0.25) is 0 Å². The Morgan fingerprint density at radius 3 is 1.64 bits per heavy atom. The van der Waals surface area contributed by atoms with Gasteiger partial charge in [-0.3, -0.25) is 9.80 Å². The minimum atomic E-state index is -0.994. The van der Waals surface area contributed by atoms with E-state index in [0.29, 0.717) is 40.7 Å². The van der Waals surface area contributed by atoms with Crippen molar-refractivity contribution in [2.24, 2.45) is 0 Å². The number of nitrogens with zero attached hydrogens (tertiary/aromatic N) is 8. The van der Waals surface area contributed by atoms with Gasteiger partial charge in [0, 0.05) is 76.4 Å². The van der Waals surface area contributed by atoms with Crippen LogP contribution in [-0.2, 0) is 12.8 Å². The molecular formula is C46H45F4N11O3. The summed E-state index contributed by atoms with van der Waals surface area (Å²) < 4.78 is 58.4. The number of fused-ring (bicyclic) bond motifs is 6. The molecule has 4 aromatic heterocycles. The summed E-state index contributed by atoms with van der Waals surface area (Å²) >= 11 is 0. The second kappa shape index (κ2) is 18.0. The molecule has 4 aromatic carbocycles. The van der Waals surface area contributed by atoms with Crippen molar-refractivity contribution in [1.29, 1.82) is 0 Å². The van der Waals surface area contributed by atoms with Crippen LogP contribution in [0.15, 0.2) is 79.4 Å². The molecule has 6 heterocycles. The van der Waals surface area contributed by atoms with E-state index in [9.17, 15) is 27.5 Å². The number of H-pyrrole nitrogens is 2. The van der Waals surface area contributed by atoms with E-state index in [1.165, 1.54) is 30.6 Å². The Morgan fingerprint density at radius 1 is 0.656 bits per heavy atom. The average Bonchev–Trinajstić information content (AvgIpc) is 3.90. The van der Waals surface area contributed by atoms with Crippen molar-refractivity contribution in [2.75, 3.05) is 88.1 Å². The molecule has 2 saturated heterocycles. The minimum absolute atomic E-state index is 0.209. The monoisotopic (exact) mass is 875 g/mol. The topological polar surface area (TPSA) is 169 Å². The Bertz CT molecular complexity index is 3000. The number of carbonyl (C=O) groups is 1. The number of rotatable bonds is 10. The summed E-state index contributed by atoms with van der Waals surface area (Å²) in [6.45, 7) is 7.95. The fraction of sp³-hybridized carbons (Fsp3) is 0.283. The number of halogens is 4. The quantitative estimate of drug-likeness (QED) is 0.0840. The maximum atomic E-state index is 13.4. The lowest BCUT2D eigenvalue weighted by Crippen LogP contribution is -2.47. The molecule has 0 unspecified atom stereocenters. The van der Waals surface area contributed by atoms with Crippen LogP contribution in [0.5, 0.6) is 5.75 Å². The minimum Gasteiger partial charge on any atom is -0.495 e. The first kappa shape index (κ1) is 42.3. The smallest absolute Gasteiger partial charge is 0.336 e. The largest absolute Gasteiger partial charge is 0.495 e. The highest BCUT2D eigenvalue weighted by Crippen LogP contribution is 2.37. The molecule has 330 valence electrons. The SMILES string of the molecule is COc1ccc2[nH]c3c(N4CCN(CCc5ccc(F)c(F)c5)CC4)ncnc3c2c1N.O=C(O)c1cccc2[nH]c3c(N4CCN(CCc5ccc(F)c(F)c5)CC4)ncnc3c12. The van der Waals surface area contributed by atoms with Gasteiger partial charge in [0.25, 0.3) is 0 Å². The molecule has 2 aliphatic heterocycles. The van der Waals surface area contributed by atoms with E-state index in [0.717, 1.165) is 116 Å². The summed E-state index contributed by atoms with van der Waals surface area (Å²) in [6.07, 6.45) is 4.37. The van der Waals surface area contributed by atoms with Gasteiger partial charge in [-0.2, -0.15) is 0 Å². The van der Waals surface area contributed by atoms with Crippen LogP contribution in [0.25, 0.3) is 43.9 Å².